The average Bonchev–Trinajstić information content (AvgIpc) is 3.72. The van der Waals surface area contributed by atoms with Crippen LogP contribution in [-0.4, -0.2) is 54.9 Å². The smallest absolute Gasteiger partial charge is 0.345 e. The van der Waals surface area contributed by atoms with E-state index in [1.165, 1.54) is 23.3 Å². The van der Waals surface area contributed by atoms with Gasteiger partial charge >= 0.3 is 5.97 Å². The number of thiophene rings is 1. The molecule has 2 fully saturated rings. The number of carbonyl (C=O) groups is 2. The summed E-state index contributed by atoms with van der Waals surface area (Å²) in [5.74, 6) is 0.214. The first kappa shape index (κ1) is 32.9. The molecule has 1 amide bonds. The highest BCUT2D eigenvalue weighted by Gasteiger charge is 2.29. The summed E-state index contributed by atoms with van der Waals surface area (Å²) in [5, 5.41) is 9.98. The topological polar surface area (TPSA) is 84.2 Å². The molecular formula is C40H43N3O5S. The molecule has 0 atom stereocenters. The number of hydrogen-bond donors (Lipinski definition) is 1. The molecule has 0 radical (unpaired) electrons. The SMILES string of the molecule is CN(C(=O)CCn1c(-c2ccc(OCc3ccccc3)cc2)c(C2CCCCC2)c2sc(C(=O)O)cc21)c1ccc(N2CCOCC2)cc1. The number of nitrogens with zero attached hydrogens (tertiary/aromatic N) is 3. The van der Waals surface area contributed by atoms with Gasteiger partial charge in [0.2, 0.25) is 5.91 Å². The predicted octanol–water partition coefficient (Wildman–Crippen LogP) is 8.58. The molecule has 49 heavy (non-hydrogen) atoms. The van der Waals surface area contributed by atoms with Crippen molar-refractivity contribution < 1.29 is 24.2 Å². The minimum absolute atomic E-state index is 0.00415. The van der Waals surface area contributed by atoms with E-state index in [-0.39, 0.29) is 12.3 Å². The van der Waals surface area contributed by atoms with Gasteiger partial charge in [0.05, 0.1) is 29.1 Å². The van der Waals surface area contributed by atoms with Gasteiger partial charge in [0.1, 0.15) is 17.2 Å². The predicted molar refractivity (Wildman–Crippen MR) is 196 cm³/mol. The molecule has 5 aromatic rings. The van der Waals surface area contributed by atoms with Gasteiger partial charge < -0.3 is 28.9 Å². The zero-order valence-electron chi connectivity index (χ0n) is 28.0. The third-order valence-corrected chi connectivity index (χ3v) is 11.1. The number of morpholine rings is 1. The average molecular weight is 678 g/mol. The first-order valence-corrected chi connectivity index (χ1v) is 18.1. The van der Waals surface area contributed by atoms with Gasteiger partial charge in [-0.05, 0) is 90.0 Å². The van der Waals surface area contributed by atoms with Crippen molar-refractivity contribution in [3.05, 3.63) is 101 Å². The van der Waals surface area contributed by atoms with E-state index in [9.17, 15) is 14.7 Å². The lowest BCUT2D eigenvalue weighted by Crippen LogP contribution is -2.36. The number of aromatic nitrogens is 1. The summed E-state index contributed by atoms with van der Waals surface area (Å²) in [4.78, 5) is 30.2. The number of carbonyl (C=O) groups excluding carboxylic acids is 1. The van der Waals surface area contributed by atoms with Crippen molar-refractivity contribution in [3.63, 3.8) is 0 Å². The van der Waals surface area contributed by atoms with Crippen LogP contribution < -0.4 is 14.5 Å². The summed E-state index contributed by atoms with van der Waals surface area (Å²) in [6.07, 6.45) is 5.97. The second-order valence-electron chi connectivity index (χ2n) is 13.0. The Morgan fingerprint density at radius 3 is 2.35 bits per heavy atom. The van der Waals surface area contributed by atoms with Crippen LogP contribution in [0.3, 0.4) is 0 Å². The van der Waals surface area contributed by atoms with Gasteiger partial charge in [0, 0.05) is 44.5 Å². The highest BCUT2D eigenvalue weighted by atomic mass is 32.1. The molecule has 1 aliphatic heterocycles. The van der Waals surface area contributed by atoms with E-state index in [0.717, 1.165) is 96.1 Å². The molecule has 9 heteroatoms. The van der Waals surface area contributed by atoms with E-state index in [0.29, 0.717) is 23.9 Å². The van der Waals surface area contributed by atoms with E-state index in [4.69, 9.17) is 9.47 Å². The molecule has 0 unspecified atom stereocenters. The Kier molecular flexibility index (Phi) is 10.0. The van der Waals surface area contributed by atoms with E-state index < -0.39 is 5.97 Å². The zero-order valence-corrected chi connectivity index (χ0v) is 28.8. The maximum absolute atomic E-state index is 13.7. The largest absolute Gasteiger partial charge is 0.489 e. The van der Waals surface area contributed by atoms with Crippen LogP contribution in [0.5, 0.6) is 5.75 Å². The third kappa shape index (κ3) is 7.23. The Hall–Kier alpha value is -4.60. The summed E-state index contributed by atoms with van der Waals surface area (Å²) >= 11 is 1.36. The summed E-state index contributed by atoms with van der Waals surface area (Å²) in [6, 6.07) is 28.3. The number of aromatic carboxylic acids is 1. The first-order valence-electron chi connectivity index (χ1n) is 17.3. The molecule has 2 aliphatic rings. The van der Waals surface area contributed by atoms with Crippen molar-refractivity contribution in [2.24, 2.45) is 0 Å². The van der Waals surface area contributed by atoms with Crippen molar-refractivity contribution in [3.8, 4) is 17.0 Å². The molecule has 1 saturated carbocycles. The molecule has 3 heterocycles. The summed E-state index contributed by atoms with van der Waals surface area (Å²) in [5.41, 5.74) is 7.34. The number of anilines is 2. The van der Waals surface area contributed by atoms with Crippen molar-refractivity contribution in [1.29, 1.82) is 0 Å². The lowest BCUT2D eigenvalue weighted by atomic mass is 9.83. The second-order valence-corrected chi connectivity index (χ2v) is 14.0. The Balaban J connectivity index is 1.18. The maximum atomic E-state index is 13.7. The molecule has 254 valence electrons. The Morgan fingerprint density at radius 2 is 1.65 bits per heavy atom. The normalized spacial score (nSPS) is 15.4. The molecule has 2 aromatic heterocycles. The van der Waals surface area contributed by atoms with Gasteiger partial charge in [-0.25, -0.2) is 4.79 Å². The van der Waals surface area contributed by atoms with Gasteiger partial charge in [-0.3, -0.25) is 4.79 Å². The molecule has 7 rings (SSSR count). The minimum atomic E-state index is -0.917. The van der Waals surface area contributed by atoms with Crippen molar-refractivity contribution in [2.45, 2.75) is 57.6 Å². The lowest BCUT2D eigenvalue weighted by Gasteiger charge is -2.29. The summed E-state index contributed by atoms with van der Waals surface area (Å²) in [6.45, 7) is 4.10. The highest BCUT2D eigenvalue weighted by molar-refractivity contribution is 7.21. The van der Waals surface area contributed by atoms with Crippen LogP contribution in [0.2, 0.25) is 0 Å². The molecule has 3 aromatic carbocycles. The molecule has 0 bridgehead atoms. The maximum Gasteiger partial charge on any atom is 0.345 e. The van der Waals surface area contributed by atoms with Gasteiger partial charge in [-0.2, -0.15) is 0 Å². The van der Waals surface area contributed by atoms with Crippen LogP contribution in [0.25, 0.3) is 21.5 Å². The fraction of sp³-hybridized carbons (Fsp3) is 0.350. The van der Waals surface area contributed by atoms with Crippen LogP contribution >= 0.6 is 11.3 Å². The highest BCUT2D eigenvalue weighted by Crippen LogP contribution is 2.47. The number of rotatable bonds is 11. The first-order chi connectivity index (χ1) is 24.0. The van der Waals surface area contributed by atoms with Crippen LogP contribution in [0.1, 0.15) is 65.2 Å². The number of aryl methyl sites for hydroxylation is 1. The van der Waals surface area contributed by atoms with E-state index >= 15 is 0 Å². The molecule has 1 aliphatic carbocycles. The molecule has 1 saturated heterocycles. The minimum Gasteiger partial charge on any atom is -0.489 e. The van der Waals surface area contributed by atoms with Gasteiger partial charge in [0.15, 0.2) is 0 Å². The van der Waals surface area contributed by atoms with Crippen LogP contribution in [-0.2, 0) is 22.7 Å². The standard InChI is InChI=1S/C40H43N3O5S/c1-41(31-14-16-32(17-15-31)42-22-24-47-25-23-42)36(44)20-21-43-34-26-35(40(45)46)49-39(34)37(29-10-6-3-7-11-29)38(43)30-12-18-33(19-13-30)48-27-28-8-4-2-5-9-28/h2,4-5,8-9,12-19,26,29H,3,6-7,10-11,20-25,27H2,1H3,(H,45,46). The monoisotopic (exact) mass is 677 g/mol. The molecule has 1 N–H and O–H groups in total. The fourth-order valence-electron chi connectivity index (χ4n) is 7.24. The fourth-order valence-corrected chi connectivity index (χ4v) is 8.37. The number of hydrogen-bond acceptors (Lipinski definition) is 6. The van der Waals surface area contributed by atoms with Gasteiger partial charge in [0.25, 0.3) is 0 Å². The van der Waals surface area contributed by atoms with E-state index in [1.54, 1.807) is 11.0 Å². The van der Waals surface area contributed by atoms with E-state index in [2.05, 4.69) is 45.9 Å². The molecule has 0 spiro atoms. The summed E-state index contributed by atoms with van der Waals surface area (Å²) < 4.78 is 14.8. The number of ether oxygens (including phenoxy) is 2. The van der Waals surface area contributed by atoms with Crippen LogP contribution in [0.15, 0.2) is 84.9 Å². The Labute approximate surface area is 291 Å². The summed E-state index contributed by atoms with van der Waals surface area (Å²) in [7, 11) is 1.83. The zero-order chi connectivity index (χ0) is 33.7. The number of carboxylic acids is 1. The third-order valence-electron chi connectivity index (χ3n) is 9.91. The van der Waals surface area contributed by atoms with E-state index in [1.807, 2.05) is 49.5 Å². The van der Waals surface area contributed by atoms with Crippen LogP contribution in [0, 0.1) is 0 Å². The Bertz CT molecular complexity index is 1890. The number of amides is 1. The van der Waals surface area contributed by atoms with Gasteiger partial charge in [-0.15, -0.1) is 11.3 Å². The number of benzene rings is 3. The quantitative estimate of drug-likeness (QED) is 0.151. The Morgan fingerprint density at radius 1 is 0.939 bits per heavy atom. The molecule has 8 nitrogen and oxygen atoms in total. The second kappa shape index (κ2) is 14.9. The number of fused-ring (bicyclic) bond motifs is 1. The van der Waals surface area contributed by atoms with Crippen LogP contribution in [0.4, 0.5) is 11.4 Å². The van der Waals surface area contributed by atoms with Gasteiger partial charge in [-0.1, -0.05) is 49.6 Å². The van der Waals surface area contributed by atoms with Crippen molar-refractivity contribution in [1.82, 2.24) is 4.57 Å². The molecular weight excluding hydrogens is 635 g/mol. The van der Waals surface area contributed by atoms with Crippen molar-refractivity contribution >= 4 is 44.8 Å². The van der Waals surface area contributed by atoms with Crippen molar-refractivity contribution in [2.75, 3.05) is 43.2 Å². The number of carboxylic acid groups (broad SMARTS) is 1. The lowest BCUT2D eigenvalue weighted by molar-refractivity contribution is -0.118.